The number of hydrogen-bond donors (Lipinski definition) is 1. The van der Waals surface area contributed by atoms with Crippen LogP contribution in [0.3, 0.4) is 0 Å². The van der Waals surface area contributed by atoms with Crippen LogP contribution in [0.4, 0.5) is 23.4 Å². The number of benzene rings is 3. The van der Waals surface area contributed by atoms with E-state index in [4.69, 9.17) is 19.9 Å². The molecule has 0 aliphatic carbocycles. The Morgan fingerprint density at radius 2 is 1.69 bits per heavy atom. The second-order valence-corrected chi connectivity index (χ2v) is 11.9. The molecule has 51 heavy (non-hydrogen) atoms. The van der Waals surface area contributed by atoms with Crippen LogP contribution in [-0.4, -0.2) is 58.7 Å². The first-order valence-corrected chi connectivity index (χ1v) is 15.6. The molecule has 3 aromatic carbocycles. The van der Waals surface area contributed by atoms with Gasteiger partial charge in [-0.1, -0.05) is 6.07 Å². The van der Waals surface area contributed by atoms with Crippen molar-refractivity contribution in [2.24, 2.45) is 5.73 Å². The molecule has 1 unspecified atom stereocenters. The van der Waals surface area contributed by atoms with Gasteiger partial charge in [0.1, 0.15) is 18.0 Å². The van der Waals surface area contributed by atoms with Gasteiger partial charge in [-0.25, -0.2) is 32.5 Å². The number of hydrogen-bond acceptors (Lipinski definition) is 10. The van der Waals surface area contributed by atoms with Crippen LogP contribution in [0, 0.1) is 23.3 Å². The van der Waals surface area contributed by atoms with Crippen molar-refractivity contribution in [3.8, 4) is 28.8 Å². The molecule has 11 nitrogen and oxygen atoms in total. The smallest absolute Gasteiger partial charge is 0.230 e. The number of anilines is 1. The van der Waals surface area contributed by atoms with Crippen LogP contribution in [0.2, 0.25) is 0 Å². The van der Waals surface area contributed by atoms with Gasteiger partial charge >= 0.3 is 0 Å². The Morgan fingerprint density at radius 3 is 2.39 bits per heavy atom. The SMILES string of the molecule is COc1cc2ncnc(Oc3ccc(CC(=O)c4cn(-c5ccc(F)cc5F)c5nc(N6CCC(N)C6)c(F)cc5c4=O)cc3F)c2cc1OC. The van der Waals surface area contributed by atoms with E-state index in [0.717, 1.165) is 35.0 Å². The third kappa shape index (κ3) is 6.27. The van der Waals surface area contributed by atoms with Crippen molar-refractivity contribution in [3.05, 3.63) is 112 Å². The van der Waals surface area contributed by atoms with Crippen molar-refractivity contribution in [2.45, 2.75) is 18.9 Å². The van der Waals surface area contributed by atoms with Crippen molar-refractivity contribution in [2.75, 3.05) is 32.2 Å². The molecule has 0 amide bonds. The van der Waals surface area contributed by atoms with Gasteiger partial charge in [-0.3, -0.25) is 14.2 Å². The van der Waals surface area contributed by atoms with E-state index in [9.17, 15) is 14.0 Å². The van der Waals surface area contributed by atoms with Gasteiger partial charge in [0.25, 0.3) is 0 Å². The summed E-state index contributed by atoms with van der Waals surface area (Å²) >= 11 is 0. The van der Waals surface area contributed by atoms with Crippen LogP contribution < -0.4 is 30.3 Å². The van der Waals surface area contributed by atoms with Crippen molar-refractivity contribution >= 4 is 33.5 Å². The molecule has 7 rings (SSSR count). The van der Waals surface area contributed by atoms with E-state index in [1.807, 2.05) is 0 Å². The predicted molar refractivity (Wildman–Crippen MR) is 179 cm³/mol. The minimum absolute atomic E-state index is 0.0324. The van der Waals surface area contributed by atoms with Crippen LogP contribution in [0.15, 0.2) is 71.9 Å². The highest BCUT2D eigenvalue weighted by molar-refractivity contribution is 6.00. The first-order valence-electron chi connectivity index (χ1n) is 15.6. The molecule has 2 N–H and O–H groups in total. The molecule has 1 aliphatic heterocycles. The Kier molecular flexibility index (Phi) is 8.73. The average Bonchev–Trinajstić information content (AvgIpc) is 3.55. The molecule has 260 valence electrons. The lowest BCUT2D eigenvalue weighted by Crippen LogP contribution is -2.28. The standard InChI is InChI=1S/C36H28F4N6O5/c1-49-31-13-21-27(14-32(31)50-2)42-17-43-36(21)51-30-6-3-18(9-25(30)39)10-29(47)23-16-46(28-5-4-19(37)11-24(28)38)34-22(33(23)48)12-26(40)35(44-34)45-8-7-20(41)15-45/h3-6,9,11-14,16-17,20H,7-8,10,15,41H2,1-2H3. The molecule has 1 saturated heterocycles. The van der Waals surface area contributed by atoms with Crippen LogP contribution in [-0.2, 0) is 6.42 Å². The molecule has 3 aromatic heterocycles. The maximum atomic E-state index is 15.4. The van der Waals surface area contributed by atoms with Crippen molar-refractivity contribution in [1.82, 2.24) is 19.5 Å². The summed E-state index contributed by atoms with van der Waals surface area (Å²) in [6.45, 7) is 0.712. The largest absolute Gasteiger partial charge is 0.493 e. The molecule has 15 heteroatoms. The van der Waals surface area contributed by atoms with E-state index in [-0.39, 0.29) is 45.8 Å². The minimum atomic E-state index is -1.01. The fourth-order valence-corrected chi connectivity index (χ4v) is 6.04. The van der Waals surface area contributed by atoms with E-state index in [1.54, 1.807) is 17.0 Å². The third-order valence-corrected chi connectivity index (χ3v) is 8.58. The van der Waals surface area contributed by atoms with Crippen molar-refractivity contribution in [1.29, 1.82) is 0 Å². The monoisotopic (exact) mass is 700 g/mol. The number of aromatic nitrogens is 4. The first-order chi connectivity index (χ1) is 24.5. The van der Waals surface area contributed by atoms with Crippen LogP contribution >= 0.6 is 0 Å². The number of ether oxygens (including phenoxy) is 3. The normalized spacial score (nSPS) is 14.3. The zero-order chi connectivity index (χ0) is 36.0. The fraction of sp³-hybridized carbons (Fsp3) is 0.194. The number of Topliss-reactive ketones (excluding diaryl/α,β-unsaturated/α-hetero) is 1. The Hall–Kier alpha value is -6.09. The number of halogens is 4. The average molecular weight is 701 g/mol. The number of carbonyl (C=O) groups excluding carboxylic acids is 1. The number of nitrogens with two attached hydrogens (primary N) is 1. The second kappa shape index (κ2) is 13.3. The number of carbonyl (C=O) groups is 1. The van der Waals surface area contributed by atoms with Gasteiger partial charge in [-0.15, -0.1) is 0 Å². The van der Waals surface area contributed by atoms with Crippen LogP contribution in [0.5, 0.6) is 23.1 Å². The zero-order valence-corrected chi connectivity index (χ0v) is 27.1. The molecule has 0 saturated carbocycles. The number of fused-ring (bicyclic) bond motifs is 2. The summed E-state index contributed by atoms with van der Waals surface area (Å²) in [6, 6.07) is 10.5. The van der Waals surface area contributed by atoms with Gasteiger partial charge in [-0.05, 0) is 48.4 Å². The van der Waals surface area contributed by atoms with E-state index in [1.165, 1.54) is 32.7 Å². The van der Waals surface area contributed by atoms with Gasteiger partial charge < -0.3 is 24.8 Å². The Bertz CT molecular complexity index is 2420. The topological polar surface area (TPSA) is 135 Å². The molecule has 1 fully saturated rings. The Labute approximate surface area is 286 Å². The van der Waals surface area contributed by atoms with Crippen molar-refractivity contribution in [3.63, 3.8) is 0 Å². The van der Waals surface area contributed by atoms with E-state index >= 15 is 13.2 Å². The highest BCUT2D eigenvalue weighted by atomic mass is 19.1. The number of pyridine rings is 2. The third-order valence-electron chi connectivity index (χ3n) is 8.58. The summed E-state index contributed by atoms with van der Waals surface area (Å²) < 4.78 is 77.4. The van der Waals surface area contributed by atoms with Crippen LogP contribution in [0.25, 0.3) is 27.6 Å². The molecule has 4 heterocycles. The van der Waals surface area contributed by atoms with Gasteiger partial charge in [0.05, 0.1) is 41.8 Å². The molecule has 0 bridgehead atoms. The summed E-state index contributed by atoms with van der Waals surface area (Å²) in [5, 5.41) is 0.108. The lowest BCUT2D eigenvalue weighted by atomic mass is 10.0. The molecule has 6 aromatic rings. The van der Waals surface area contributed by atoms with Crippen molar-refractivity contribution < 1.29 is 36.6 Å². The highest BCUT2D eigenvalue weighted by Gasteiger charge is 2.27. The van der Waals surface area contributed by atoms with E-state index < -0.39 is 46.5 Å². The van der Waals surface area contributed by atoms with E-state index in [2.05, 4.69) is 15.0 Å². The van der Waals surface area contributed by atoms with E-state index in [0.29, 0.717) is 48.0 Å². The molecule has 0 spiro atoms. The lowest BCUT2D eigenvalue weighted by molar-refractivity contribution is 0.0991. The highest BCUT2D eigenvalue weighted by Crippen LogP contribution is 2.36. The first kappa shape index (κ1) is 33.4. The Morgan fingerprint density at radius 1 is 0.902 bits per heavy atom. The maximum absolute atomic E-state index is 15.4. The zero-order valence-electron chi connectivity index (χ0n) is 27.1. The quantitative estimate of drug-likeness (QED) is 0.149. The Balaban J connectivity index is 1.23. The number of ketones is 1. The van der Waals surface area contributed by atoms with Gasteiger partial charge in [0.2, 0.25) is 11.3 Å². The summed E-state index contributed by atoms with van der Waals surface area (Å²) in [5.41, 5.74) is 4.92. The van der Waals surface area contributed by atoms with Crippen LogP contribution in [0.1, 0.15) is 22.3 Å². The maximum Gasteiger partial charge on any atom is 0.230 e. The second-order valence-electron chi connectivity index (χ2n) is 11.9. The van der Waals surface area contributed by atoms with Gasteiger partial charge in [0.15, 0.2) is 46.1 Å². The summed E-state index contributed by atoms with van der Waals surface area (Å²) in [5.74, 6) is -3.79. The minimum Gasteiger partial charge on any atom is -0.493 e. The summed E-state index contributed by atoms with van der Waals surface area (Å²) in [6.07, 6.45) is 2.44. The predicted octanol–water partition coefficient (Wildman–Crippen LogP) is 5.66. The number of methoxy groups -OCH3 is 2. The van der Waals surface area contributed by atoms with Gasteiger partial charge in [-0.2, -0.15) is 0 Å². The molecule has 1 atom stereocenters. The summed E-state index contributed by atoms with van der Waals surface area (Å²) in [7, 11) is 2.93. The van der Waals surface area contributed by atoms with Gasteiger partial charge in [0, 0.05) is 43.9 Å². The number of nitrogens with zero attached hydrogens (tertiary/aromatic N) is 5. The molecular weight excluding hydrogens is 672 g/mol. The lowest BCUT2D eigenvalue weighted by Gasteiger charge is -2.20. The molecular formula is C36H28F4N6O5. The fourth-order valence-electron chi connectivity index (χ4n) is 6.04. The number of rotatable bonds is 9. The molecule has 0 radical (unpaired) electrons. The molecule has 1 aliphatic rings. The summed E-state index contributed by atoms with van der Waals surface area (Å²) in [4.78, 5) is 41.6.